The summed E-state index contributed by atoms with van der Waals surface area (Å²) in [7, 11) is 0. The van der Waals surface area contributed by atoms with Crippen molar-refractivity contribution in [1.29, 1.82) is 0 Å². The zero-order valence-electron chi connectivity index (χ0n) is 13.8. The van der Waals surface area contributed by atoms with Gasteiger partial charge in [-0.3, -0.25) is 14.7 Å². The van der Waals surface area contributed by atoms with Crippen LogP contribution >= 0.6 is 0 Å². The van der Waals surface area contributed by atoms with Crippen LogP contribution in [0.3, 0.4) is 0 Å². The maximum absolute atomic E-state index is 12.6. The second-order valence-corrected chi connectivity index (χ2v) is 5.76. The van der Waals surface area contributed by atoms with E-state index >= 15 is 0 Å². The summed E-state index contributed by atoms with van der Waals surface area (Å²) in [6, 6.07) is 9.28. The van der Waals surface area contributed by atoms with Gasteiger partial charge in [-0.2, -0.15) is 10.2 Å². The highest BCUT2D eigenvalue weighted by atomic mass is 16.2. The Morgan fingerprint density at radius 2 is 2.15 bits per heavy atom. The van der Waals surface area contributed by atoms with Crippen molar-refractivity contribution in [2.75, 3.05) is 5.32 Å². The molecule has 0 saturated carbocycles. The molecule has 130 valence electrons. The Kier molecular flexibility index (Phi) is 3.81. The number of carbonyl (C=O) groups excluding carboxylic acids is 1. The lowest BCUT2D eigenvalue weighted by Gasteiger charge is -2.15. The molecular weight excluding hydrogens is 334 g/mol. The Morgan fingerprint density at radius 1 is 1.27 bits per heavy atom. The number of benzene rings is 1. The van der Waals surface area contributed by atoms with Gasteiger partial charge in [-0.1, -0.05) is 0 Å². The summed E-state index contributed by atoms with van der Waals surface area (Å²) < 4.78 is 2.66. The van der Waals surface area contributed by atoms with Gasteiger partial charge < -0.3 is 5.32 Å². The zero-order valence-corrected chi connectivity index (χ0v) is 13.8. The van der Waals surface area contributed by atoms with Gasteiger partial charge in [-0.15, -0.1) is 5.10 Å². The van der Waals surface area contributed by atoms with E-state index in [1.165, 1.54) is 10.7 Å². The van der Waals surface area contributed by atoms with Crippen LogP contribution in [0.4, 0.5) is 5.69 Å². The predicted molar refractivity (Wildman–Crippen MR) is 95.1 cm³/mol. The second-order valence-electron chi connectivity index (χ2n) is 5.76. The van der Waals surface area contributed by atoms with Crippen LogP contribution < -0.4 is 10.9 Å². The average molecular weight is 349 g/mol. The van der Waals surface area contributed by atoms with Crippen LogP contribution in [0.15, 0.2) is 59.8 Å². The number of amides is 1. The number of rotatable bonds is 4. The third kappa shape index (κ3) is 2.86. The molecule has 1 atom stereocenters. The lowest BCUT2D eigenvalue weighted by atomic mass is 10.2. The number of H-pyrrole nitrogens is 1. The van der Waals surface area contributed by atoms with E-state index in [9.17, 15) is 9.59 Å². The monoisotopic (exact) mass is 349 g/mol. The molecule has 9 nitrogen and oxygen atoms in total. The Bertz CT molecular complexity index is 1130. The predicted octanol–water partition coefficient (Wildman–Crippen LogP) is 1.50. The summed E-state index contributed by atoms with van der Waals surface area (Å²) >= 11 is 0. The van der Waals surface area contributed by atoms with Crippen molar-refractivity contribution >= 4 is 22.5 Å². The van der Waals surface area contributed by atoms with Gasteiger partial charge in [0.2, 0.25) is 5.91 Å². The smallest absolute Gasteiger partial charge is 0.267 e. The van der Waals surface area contributed by atoms with Gasteiger partial charge >= 0.3 is 0 Å². The van der Waals surface area contributed by atoms with E-state index in [-0.39, 0.29) is 11.5 Å². The molecule has 4 rings (SSSR count). The summed E-state index contributed by atoms with van der Waals surface area (Å²) in [4.78, 5) is 24.7. The minimum Gasteiger partial charge on any atom is -0.324 e. The highest BCUT2D eigenvalue weighted by molar-refractivity contribution is 5.95. The van der Waals surface area contributed by atoms with Crippen LogP contribution in [-0.2, 0) is 4.79 Å². The van der Waals surface area contributed by atoms with Crippen molar-refractivity contribution in [1.82, 2.24) is 29.8 Å². The average Bonchev–Trinajstić information content (AvgIpc) is 3.33. The van der Waals surface area contributed by atoms with Gasteiger partial charge in [0, 0.05) is 29.5 Å². The van der Waals surface area contributed by atoms with Crippen molar-refractivity contribution in [2.45, 2.75) is 13.0 Å². The third-order valence-electron chi connectivity index (χ3n) is 4.01. The number of fused-ring (bicyclic) bond motifs is 1. The molecule has 3 aromatic heterocycles. The van der Waals surface area contributed by atoms with Gasteiger partial charge in [-0.25, -0.2) is 9.36 Å². The molecule has 1 unspecified atom stereocenters. The van der Waals surface area contributed by atoms with Gasteiger partial charge in [0.1, 0.15) is 6.04 Å². The molecule has 0 radical (unpaired) electrons. The minimum atomic E-state index is -0.796. The molecule has 26 heavy (non-hydrogen) atoms. The second kappa shape index (κ2) is 6.28. The summed E-state index contributed by atoms with van der Waals surface area (Å²) in [5, 5.41) is 18.9. The number of hydrogen-bond donors (Lipinski definition) is 2. The van der Waals surface area contributed by atoms with Crippen LogP contribution in [0.5, 0.6) is 0 Å². The highest BCUT2D eigenvalue weighted by Gasteiger charge is 2.18. The van der Waals surface area contributed by atoms with Crippen molar-refractivity contribution in [2.24, 2.45) is 0 Å². The molecule has 0 aliphatic carbocycles. The van der Waals surface area contributed by atoms with Gasteiger partial charge in [0.05, 0.1) is 11.7 Å². The molecule has 0 saturated heterocycles. The molecular formula is C17H15N7O2. The van der Waals surface area contributed by atoms with E-state index in [0.29, 0.717) is 11.5 Å². The molecule has 2 N–H and O–H groups in total. The van der Waals surface area contributed by atoms with Gasteiger partial charge in [-0.05, 0) is 37.3 Å². The van der Waals surface area contributed by atoms with Crippen molar-refractivity contribution in [3.8, 4) is 5.82 Å². The Morgan fingerprint density at radius 3 is 2.96 bits per heavy atom. The van der Waals surface area contributed by atoms with E-state index in [2.05, 4.69) is 25.7 Å². The quantitative estimate of drug-likeness (QED) is 0.580. The number of anilines is 1. The van der Waals surface area contributed by atoms with Crippen LogP contribution in [0.25, 0.3) is 16.7 Å². The summed E-state index contributed by atoms with van der Waals surface area (Å²) in [6.07, 6.45) is 5.02. The lowest BCUT2D eigenvalue weighted by Crippen LogP contribution is -2.33. The largest absolute Gasteiger partial charge is 0.324 e. The van der Waals surface area contributed by atoms with E-state index in [1.54, 1.807) is 49.8 Å². The Labute approximate surface area is 147 Å². The Balaban J connectivity index is 1.60. The molecule has 1 amide bonds. The van der Waals surface area contributed by atoms with E-state index in [0.717, 1.165) is 15.6 Å². The number of carbonyl (C=O) groups is 1. The molecule has 0 aliphatic heterocycles. The molecule has 0 bridgehead atoms. The lowest BCUT2D eigenvalue weighted by molar-refractivity contribution is -0.119. The molecule has 0 aliphatic rings. The van der Waals surface area contributed by atoms with Crippen molar-refractivity contribution in [3.05, 3.63) is 65.3 Å². The van der Waals surface area contributed by atoms with Crippen LogP contribution in [-0.4, -0.2) is 35.7 Å². The summed E-state index contributed by atoms with van der Waals surface area (Å²) in [5.41, 5.74) is 1.05. The van der Waals surface area contributed by atoms with Crippen molar-refractivity contribution < 1.29 is 4.79 Å². The van der Waals surface area contributed by atoms with Gasteiger partial charge in [0.15, 0.2) is 5.82 Å². The standard InChI is InChI=1S/C17H15N7O2/c1-11(17(26)20-13-4-3-12-10-18-21-14(12)9-13)24-16(25)6-5-15(22-24)23-8-2-7-19-23/h2-11H,1H3,(H,18,21)(H,20,26). The van der Waals surface area contributed by atoms with Gasteiger partial charge in [0.25, 0.3) is 5.56 Å². The number of hydrogen-bond acceptors (Lipinski definition) is 5. The normalized spacial score (nSPS) is 12.2. The maximum atomic E-state index is 12.6. The summed E-state index contributed by atoms with van der Waals surface area (Å²) in [5.74, 6) is 0.101. The third-order valence-corrected chi connectivity index (χ3v) is 4.01. The number of nitrogens with zero attached hydrogens (tertiary/aromatic N) is 5. The molecule has 9 heteroatoms. The fraction of sp³-hybridized carbons (Fsp3) is 0.118. The number of nitrogens with one attached hydrogen (secondary N) is 2. The van der Waals surface area contributed by atoms with Crippen LogP contribution in [0.2, 0.25) is 0 Å². The fourth-order valence-electron chi connectivity index (χ4n) is 2.59. The molecule has 0 fully saturated rings. The highest BCUT2D eigenvalue weighted by Crippen LogP contribution is 2.17. The first-order valence-corrected chi connectivity index (χ1v) is 7.96. The molecule has 4 aromatic rings. The minimum absolute atomic E-state index is 0.351. The molecule has 0 spiro atoms. The van der Waals surface area contributed by atoms with E-state index in [1.807, 2.05) is 6.07 Å². The topological polar surface area (TPSA) is 110 Å². The SMILES string of the molecule is CC(C(=O)Nc1ccc2cn[nH]c2c1)n1nc(-n2cccn2)ccc1=O. The zero-order chi connectivity index (χ0) is 18.1. The van der Waals surface area contributed by atoms with E-state index in [4.69, 9.17) is 0 Å². The van der Waals surface area contributed by atoms with Crippen molar-refractivity contribution in [3.63, 3.8) is 0 Å². The first kappa shape index (κ1) is 15.8. The summed E-state index contributed by atoms with van der Waals surface area (Å²) in [6.45, 7) is 1.62. The maximum Gasteiger partial charge on any atom is 0.267 e. The first-order chi connectivity index (χ1) is 12.6. The number of aromatic amines is 1. The molecule has 3 heterocycles. The first-order valence-electron chi connectivity index (χ1n) is 7.96. The Hall–Kier alpha value is -3.75. The van der Waals surface area contributed by atoms with Crippen LogP contribution in [0, 0.1) is 0 Å². The van der Waals surface area contributed by atoms with Crippen LogP contribution in [0.1, 0.15) is 13.0 Å². The number of aromatic nitrogens is 6. The fourth-order valence-corrected chi connectivity index (χ4v) is 2.59. The van der Waals surface area contributed by atoms with E-state index < -0.39 is 6.04 Å². The molecule has 1 aromatic carbocycles.